The molecule has 0 aromatic heterocycles. The van der Waals surface area contributed by atoms with Crippen molar-refractivity contribution in [3.05, 3.63) is 0 Å². The summed E-state index contributed by atoms with van der Waals surface area (Å²) in [6.45, 7) is 1.75. The molecule has 2 atom stereocenters. The normalized spacial score (nSPS) is 17.4. The van der Waals surface area contributed by atoms with Crippen molar-refractivity contribution in [2.24, 2.45) is 5.73 Å². The fourth-order valence-electron chi connectivity index (χ4n) is 0.332. The molecule has 0 bridgehead atoms. The number of aliphatic hydroxyl groups is 1. The maximum atomic E-state index is 9.70. The number of hydrogen-bond donors (Lipinski definition) is 2. The largest absolute Gasteiger partial charge is 0.391 e. The summed E-state index contributed by atoms with van der Waals surface area (Å²) in [5.41, 5.74) is 5.05. The monoisotopic (exact) mass is 116 g/mol. The first-order valence-electron chi connectivity index (χ1n) is 2.53. The first-order chi connectivity index (χ1) is 3.72. The molecule has 47 valence electrons. The summed E-state index contributed by atoms with van der Waals surface area (Å²) in [5.74, 6) is 0. The Labute approximate surface area is 48.5 Å². The lowest BCUT2D eigenvalue weighted by Crippen LogP contribution is -2.35. The summed E-state index contributed by atoms with van der Waals surface area (Å²) < 4.78 is 0. The van der Waals surface area contributed by atoms with Gasteiger partial charge in [-0.15, -0.1) is 0 Å². The number of aliphatic hydroxyl groups excluding tert-OH is 1. The van der Waals surface area contributed by atoms with Gasteiger partial charge in [0.2, 0.25) is 6.29 Å². The van der Waals surface area contributed by atoms with Crippen LogP contribution in [0.5, 0.6) is 0 Å². The molecule has 0 saturated heterocycles. The van der Waals surface area contributed by atoms with Gasteiger partial charge in [0.1, 0.15) is 0 Å². The van der Waals surface area contributed by atoms with E-state index in [-0.39, 0.29) is 0 Å². The highest BCUT2D eigenvalue weighted by Gasteiger charge is 2.10. The Hall–Kier alpha value is -0.410. The van der Waals surface area contributed by atoms with Crippen LogP contribution in [0.4, 0.5) is 0 Å². The SMILES string of the molecule is CC[C@@H](O)[C@H](N)[C]=O. The highest BCUT2D eigenvalue weighted by molar-refractivity contribution is 5.58. The van der Waals surface area contributed by atoms with Crippen LogP contribution in [0, 0.1) is 0 Å². The molecular weight excluding hydrogens is 106 g/mol. The smallest absolute Gasteiger partial charge is 0.219 e. The van der Waals surface area contributed by atoms with Gasteiger partial charge in [-0.25, -0.2) is 0 Å². The van der Waals surface area contributed by atoms with Gasteiger partial charge < -0.3 is 10.8 Å². The van der Waals surface area contributed by atoms with Crippen molar-refractivity contribution in [1.29, 1.82) is 0 Å². The van der Waals surface area contributed by atoms with E-state index in [9.17, 15) is 4.79 Å². The molecule has 0 spiro atoms. The van der Waals surface area contributed by atoms with Gasteiger partial charge in [-0.2, -0.15) is 0 Å². The van der Waals surface area contributed by atoms with E-state index >= 15 is 0 Å². The highest BCUT2D eigenvalue weighted by atomic mass is 16.3. The summed E-state index contributed by atoms with van der Waals surface area (Å²) in [5, 5.41) is 8.74. The van der Waals surface area contributed by atoms with Gasteiger partial charge in [-0.1, -0.05) is 6.92 Å². The van der Waals surface area contributed by atoms with Gasteiger partial charge in [-0.05, 0) is 6.42 Å². The minimum atomic E-state index is -0.833. The Morgan fingerprint density at radius 2 is 2.38 bits per heavy atom. The van der Waals surface area contributed by atoms with Gasteiger partial charge in [0.15, 0.2) is 0 Å². The second kappa shape index (κ2) is 3.57. The van der Waals surface area contributed by atoms with E-state index in [1.165, 1.54) is 6.29 Å². The van der Waals surface area contributed by atoms with Crippen LogP contribution in [-0.2, 0) is 4.79 Å². The molecule has 0 fully saturated rings. The minimum Gasteiger partial charge on any atom is -0.391 e. The second-order valence-electron chi connectivity index (χ2n) is 1.62. The molecule has 3 nitrogen and oxygen atoms in total. The summed E-state index contributed by atoms with van der Waals surface area (Å²) in [4.78, 5) is 9.70. The van der Waals surface area contributed by atoms with E-state index in [1.54, 1.807) is 6.92 Å². The predicted octanol–water partition coefficient (Wildman–Crippen LogP) is -0.806. The van der Waals surface area contributed by atoms with Crippen LogP contribution in [0.25, 0.3) is 0 Å². The molecule has 0 aliphatic rings. The van der Waals surface area contributed by atoms with Crippen molar-refractivity contribution in [1.82, 2.24) is 0 Å². The highest BCUT2D eigenvalue weighted by Crippen LogP contribution is 1.90. The average molecular weight is 116 g/mol. The molecular formula is C5H10NO2. The van der Waals surface area contributed by atoms with Crippen molar-refractivity contribution in [3.63, 3.8) is 0 Å². The van der Waals surface area contributed by atoms with E-state index in [4.69, 9.17) is 10.8 Å². The Balaban J connectivity index is 3.44. The molecule has 0 aliphatic carbocycles. The molecule has 0 aromatic carbocycles. The van der Waals surface area contributed by atoms with Crippen LogP contribution in [0.3, 0.4) is 0 Å². The quantitative estimate of drug-likeness (QED) is 0.507. The van der Waals surface area contributed by atoms with Crippen molar-refractivity contribution in [2.45, 2.75) is 25.5 Å². The first-order valence-corrected chi connectivity index (χ1v) is 2.53. The third-order valence-electron chi connectivity index (χ3n) is 0.969. The maximum Gasteiger partial charge on any atom is 0.219 e. The molecule has 0 rings (SSSR count). The lowest BCUT2D eigenvalue weighted by Gasteiger charge is -2.07. The van der Waals surface area contributed by atoms with Crippen LogP contribution in [0.15, 0.2) is 0 Å². The van der Waals surface area contributed by atoms with E-state index in [2.05, 4.69) is 0 Å². The van der Waals surface area contributed by atoms with Gasteiger partial charge in [0.25, 0.3) is 0 Å². The van der Waals surface area contributed by atoms with Crippen LogP contribution in [0.2, 0.25) is 0 Å². The molecule has 0 aliphatic heterocycles. The summed E-state index contributed by atoms with van der Waals surface area (Å²) in [7, 11) is 0. The zero-order chi connectivity index (χ0) is 6.57. The van der Waals surface area contributed by atoms with Gasteiger partial charge >= 0.3 is 0 Å². The maximum absolute atomic E-state index is 9.70. The van der Waals surface area contributed by atoms with Crippen LogP contribution < -0.4 is 5.73 Å². The van der Waals surface area contributed by atoms with Crippen LogP contribution in [0.1, 0.15) is 13.3 Å². The summed E-state index contributed by atoms with van der Waals surface area (Å²) in [6, 6.07) is -0.833. The van der Waals surface area contributed by atoms with Crippen molar-refractivity contribution >= 4 is 6.29 Å². The molecule has 0 saturated carbocycles. The first kappa shape index (κ1) is 7.59. The van der Waals surface area contributed by atoms with Gasteiger partial charge in [0.05, 0.1) is 12.1 Å². The molecule has 1 radical (unpaired) electrons. The number of hydrogen-bond acceptors (Lipinski definition) is 3. The standard InChI is InChI=1S/C5H10NO2/c1-2-5(8)4(6)3-7/h4-5,8H,2,6H2,1H3/t4-,5-/m1/s1. The molecule has 0 unspecified atom stereocenters. The van der Waals surface area contributed by atoms with E-state index in [1.807, 2.05) is 0 Å². The molecule has 3 N–H and O–H groups in total. The van der Waals surface area contributed by atoms with Crippen molar-refractivity contribution < 1.29 is 9.90 Å². The Kier molecular flexibility index (Phi) is 3.39. The van der Waals surface area contributed by atoms with Crippen molar-refractivity contribution in [2.75, 3.05) is 0 Å². The van der Waals surface area contributed by atoms with Gasteiger partial charge in [0, 0.05) is 0 Å². The van der Waals surface area contributed by atoms with E-state index < -0.39 is 12.1 Å². The predicted molar refractivity (Wildman–Crippen MR) is 30.0 cm³/mol. The summed E-state index contributed by atoms with van der Waals surface area (Å²) in [6.07, 6.45) is 1.26. The Bertz CT molecular complexity index is 74.8. The molecule has 0 heterocycles. The third kappa shape index (κ3) is 2.04. The fraction of sp³-hybridized carbons (Fsp3) is 0.800. The Morgan fingerprint density at radius 1 is 1.88 bits per heavy atom. The molecule has 8 heavy (non-hydrogen) atoms. The molecule has 0 aromatic rings. The zero-order valence-corrected chi connectivity index (χ0v) is 4.79. The Morgan fingerprint density at radius 3 is 2.50 bits per heavy atom. The fourth-order valence-corrected chi connectivity index (χ4v) is 0.332. The number of rotatable bonds is 3. The number of carbonyl (C=O) groups excluding carboxylic acids is 1. The van der Waals surface area contributed by atoms with E-state index in [0.29, 0.717) is 6.42 Å². The summed E-state index contributed by atoms with van der Waals surface area (Å²) >= 11 is 0. The molecule has 0 amide bonds. The van der Waals surface area contributed by atoms with Crippen LogP contribution in [-0.4, -0.2) is 23.5 Å². The zero-order valence-electron chi connectivity index (χ0n) is 4.79. The lowest BCUT2D eigenvalue weighted by atomic mass is 10.1. The average Bonchev–Trinajstić information content (AvgIpc) is 1.84. The number of nitrogens with two attached hydrogens (primary N) is 1. The van der Waals surface area contributed by atoms with Crippen molar-refractivity contribution in [3.8, 4) is 0 Å². The topological polar surface area (TPSA) is 63.3 Å². The minimum absolute atomic E-state index is 0.496. The third-order valence-corrected chi connectivity index (χ3v) is 0.969. The second-order valence-corrected chi connectivity index (χ2v) is 1.62. The lowest BCUT2D eigenvalue weighted by molar-refractivity contribution is 0.160. The van der Waals surface area contributed by atoms with E-state index in [0.717, 1.165) is 0 Å². The molecule has 3 heteroatoms. The van der Waals surface area contributed by atoms with Crippen LogP contribution >= 0.6 is 0 Å². The van der Waals surface area contributed by atoms with Gasteiger partial charge in [-0.3, -0.25) is 4.79 Å².